The summed E-state index contributed by atoms with van der Waals surface area (Å²) >= 11 is 0. The number of hydrogen-bond acceptors (Lipinski definition) is 3. The molecule has 142 valence electrons. The second kappa shape index (κ2) is 7.04. The highest BCUT2D eigenvalue weighted by Gasteiger charge is 2.13. The molecule has 4 nitrogen and oxygen atoms in total. The number of hydrogen-bond donors (Lipinski definition) is 0. The highest BCUT2D eigenvalue weighted by Crippen LogP contribution is 2.31. The molecule has 0 radical (unpaired) electrons. The molecule has 0 spiro atoms. The zero-order chi connectivity index (χ0) is 19.8. The van der Waals surface area contributed by atoms with E-state index in [4.69, 9.17) is 9.72 Å². The van der Waals surface area contributed by atoms with Gasteiger partial charge in [-0.25, -0.2) is 4.98 Å². The van der Waals surface area contributed by atoms with Crippen LogP contribution in [0.3, 0.4) is 0 Å². The van der Waals surface area contributed by atoms with Gasteiger partial charge in [0.1, 0.15) is 5.75 Å². The Hall–Kier alpha value is -3.27. The smallest absolute Gasteiger partial charge is 0.121 e. The Morgan fingerprint density at radius 3 is 2.14 bits per heavy atom. The van der Waals surface area contributed by atoms with Crippen molar-refractivity contribution in [1.82, 2.24) is 9.55 Å². The van der Waals surface area contributed by atoms with Crippen molar-refractivity contribution in [1.29, 1.82) is 0 Å². The molecular weight excluding hydrogens is 346 g/mol. The van der Waals surface area contributed by atoms with Gasteiger partial charge in [0.05, 0.1) is 24.0 Å². The Kier molecular flexibility index (Phi) is 4.55. The Labute approximate surface area is 166 Å². The molecule has 0 amide bonds. The van der Waals surface area contributed by atoms with Crippen molar-refractivity contribution in [2.75, 3.05) is 26.1 Å². The minimum Gasteiger partial charge on any atom is -0.497 e. The van der Waals surface area contributed by atoms with Gasteiger partial charge in [0.15, 0.2) is 0 Å². The van der Waals surface area contributed by atoms with Crippen molar-refractivity contribution in [3.8, 4) is 22.7 Å². The standard InChI is InChI=1S/C24H25N3O/c1-16-6-7-17(2)27(16)23-15-21(28-5)14-19-10-13-22(25-24(19)23)18-8-11-20(12-9-18)26(3)4/h6-15H,1-5H3. The summed E-state index contributed by atoms with van der Waals surface area (Å²) in [6.07, 6.45) is 0. The molecule has 0 bridgehead atoms. The number of anilines is 1. The van der Waals surface area contributed by atoms with Crippen LogP contribution in [-0.2, 0) is 0 Å². The first-order chi connectivity index (χ1) is 13.5. The van der Waals surface area contributed by atoms with Crippen molar-refractivity contribution in [3.05, 3.63) is 72.1 Å². The summed E-state index contributed by atoms with van der Waals surface area (Å²) in [5.74, 6) is 0.833. The first-order valence-corrected chi connectivity index (χ1v) is 9.40. The molecule has 2 aromatic heterocycles. The molecule has 0 unspecified atom stereocenters. The van der Waals surface area contributed by atoms with Crippen LogP contribution in [0.25, 0.3) is 27.8 Å². The number of rotatable bonds is 4. The summed E-state index contributed by atoms with van der Waals surface area (Å²) in [6, 6.07) is 21.1. The fourth-order valence-electron chi connectivity index (χ4n) is 3.62. The first kappa shape index (κ1) is 18.1. The SMILES string of the molecule is COc1cc(-n2c(C)ccc2C)c2nc(-c3ccc(N(C)C)cc3)ccc2c1. The number of aromatic nitrogens is 2. The zero-order valence-electron chi connectivity index (χ0n) is 17.0. The third kappa shape index (κ3) is 3.11. The topological polar surface area (TPSA) is 30.3 Å². The molecule has 4 aromatic rings. The summed E-state index contributed by atoms with van der Waals surface area (Å²) in [5, 5.41) is 1.07. The molecular formula is C24H25N3O. The third-order valence-electron chi connectivity index (χ3n) is 5.17. The number of aryl methyl sites for hydroxylation is 2. The lowest BCUT2D eigenvalue weighted by Crippen LogP contribution is -2.07. The molecule has 4 heteroatoms. The molecule has 0 N–H and O–H groups in total. The molecule has 0 atom stereocenters. The Bertz CT molecular complexity index is 1120. The van der Waals surface area contributed by atoms with Crippen LogP contribution in [0.4, 0.5) is 5.69 Å². The third-order valence-corrected chi connectivity index (χ3v) is 5.17. The molecule has 0 aliphatic carbocycles. The monoisotopic (exact) mass is 371 g/mol. The Morgan fingerprint density at radius 2 is 1.54 bits per heavy atom. The number of methoxy groups -OCH3 is 1. The number of fused-ring (bicyclic) bond motifs is 1. The molecule has 0 saturated heterocycles. The van der Waals surface area contributed by atoms with Crippen molar-refractivity contribution in [2.45, 2.75) is 13.8 Å². The van der Waals surface area contributed by atoms with Crippen molar-refractivity contribution >= 4 is 16.6 Å². The maximum Gasteiger partial charge on any atom is 0.121 e. The number of benzene rings is 2. The number of ether oxygens (including phenoxy) is 1. The van der Waals surface area contributed by atoms with E-state index in [0.29, 0.717) is 0 Å². The van der Waals surface area contributed by atoms with Gasteiger partial charge in [-0.3, -0.25) is 0 Å². The maximum absolute atomic E-state index is 5.55. The molecule has 0 fully saturated rings. The fourth-order valence-corrected chi connectivity index (χ4v) is 3.62. The summed E-state index contributed by atoms with van der Waals surface area (Å²) in [5.41, 5.74) is 7.61. The summed E-state index contributed by atoms with van der Waals surface area (Å²) in [4.78, 5) is 7.14. The van der Waals surface area contributed by atoms with Gasteiger partial charge in [0.25, 0.3) is 0 Å². The lowest BCUT2D eigenvalue weighted by Gasteiger charge is -2.15. The summed E-state index contributed by atoms with van der Waals surface area (Å²) in [6.45, 7) is 4.23. The molecule has 0 aliphatic heterocycles. The van der Waals surface area contributed by atoms with E-state index in [-0.39, 0.29) is 0 Å². The number of nitrogens with zero attached hydrogens (tertiary/aromatic N) is 3. The lowest BCUT2D eigenvalue weighted by atomic mass is 10.1. The van der Waals surface area contributed by atoms with E-state index in [1.165, 1.54) is 17.1 Å². The van der Waals surface area contributed by atoms with Gasteiger partial charge in [0, 0.05) is 48.2 Å². The van der Waals surface area contributed by atoms with E-state index in [1.54, 1.807) is 7.11 Å². The van der Waals surface area contributed by atoms with Crippen LogP contribution >= 0.6 is 0 Å². The summed E-state index contributed by atoms with van der Waals surface area (Å²) < 4.78 is 7.78. The van der Waals surface area contributed by atoms with Gasteiger partial charge in [-0.15, -0.1) is 0 Å². The van der Waals surface area contributed by atoms with E-state index >= 15 is 0 Å². The van der Waals surface area contributed by atoms with Crippen molar-refractivity contribution in [2.24, 2.45) is 0 Å². The fraction of sp³-hybridized carbons (Fsp3) is 0.208. The maximum atomic E-state index is 5.55. The molecule has 0 saturated carbocycles. The van der Waals surface area contributed by atoms with E-state index in [0.717, 1.165) is 33.6 Å². The van der Waals surface area contributed by atoms with E-state index in [2.05, 4.69) is 77.9 Å². The van der Waals surface area contributed by atoms with Crippen LogP contribution < -0.4 is 9.64 Å². The molecule has 2 heterocycles. The lowest BCUT2D eigenvalue weighted by molar-refractivity contribution is 0.415. The van der Waals surface area contributed by atoms with Crippen LogP contribution in [-0.4, -0.2) is 30.8 Å². The van der Waals surface area contributed by atoms with Gasteiger partial charge in [0.2, 0.25) is 0 Å². The predicted octanol–water partition coefficient (Wildman–Crippen LogP) is 5.38. The van der Waals surface area contributed by atoms with E-state index < -0.39 is 0 Å². The molecule has 0 aliphatic rings. The Morgan fingerprint density at radius 1 is 0.857 bits per heavy atom. The van der Waals surface area contributed by atoms with Gasteiger partial charge >= 0.3 is 0 Å². The second-order valence-corrected chi connectivity index (χ2v) is 7.31. The predicted molar refractivity (Wildman–Crippen MR) is 117 cm³/mol. The highest BCUT2D eigenvalue weighted by atomic mass is 16.5. The van der Waals surface area contributed by atoms with Crippen LogP contribution in [0.1, 0.15) is 11.4 Å². The number of pyridine rings is 1. The minimum absolute atomic E-state index is 0.833. The largest absolute Gasteiger partial charge is 0.497 e. The first-order valence-electron chi connectivity index (χ1n) is 9.40. The summed E-state index contributed by atoms with van der Waals surface area (Å²) in [7, 11) is 5.80. The van der Waals surface area contributed by atoms with Crippen LogP contribution in [0.2, 0.25) is 0 Å². The van der Waals surface area contributed by atoms with Gasteiger partial charge in [-0.05, 0) is 50.2 Å². The minimum atomic E-state index is 0.833. The van der Waals surface area contributed by atoms with Crippen LogP contribution in [0.5, 0.6) is 5.75 Å². The van der Waals surface area contributed by atoms with Crippen molar-refractivity contribution < 1.29 is 4.74 Å². The van der Waals surface area contributed by atoms with Gasteiger partial charge in [-0.1, -0.05) is 18.2 Å². The average Bonchev–Trinajstić information content (AvgIpc) is 3.04. The van der Waals surface area contributed by atoms with E-state index in [1.807, 2.05) is 20.2 Å². The zero-order valence-corrected chi connectivity index (χ0v) is 17.0. The van der Waals surface area contributed by atoms with Gasteiger partial charge in [-0.2, -0.15) is 0 Å². The Balaban J connectivity index is 1.92. The highest BCUT2D eigenvalue weighted by molar-refractivity contribution is 5.90. The van der Waals surface area contributed by atoms with Crippen LogP contribution in [0, 0.1) is 13.8 Å². The molecule has 4 rings (SSSR count). The quantitative estimate of drug-likeness (QED) is 0.482. The van der Waals surface area contributed by atoms with Crippen molar-refractivity contribution in [3.63, 3.8) is 0 Å². The normalized spacial score (nSPS) is 11.0. The molecule has 2 aromatic carbocycles. The van der Waals surface area contributed by atoms with Crippen LogP contribution in [0.15, 0.2) is 60.7 Å². The van der Waals surface area contributed by atoms with E-state index in [9.17, 15) is 0 Å². The molecule has 28 heavy (non-hydrogen) atoms. The average molecular weight is 371 g/mol. The second-order valence-electron chi connectivity index (χ2n) is 7.31. The van der Waals surface area contributed by atoms with Gasteiger partial charge < -0.3 is 14.2 Å².